The van der Waals surface area contributed by atoms with Gasteiger partial charge >= 0.3 is 0 Å². The van der Waals surface area contributed by atoms with Crippen LogP contribution in [0.5, 0.6) is 0 Å². The van der Waals surface area contributed by atoms with Crippen LogP contribution in [-0.4, -0.2) is 23.7 Å². The van der Waals surface area contributed by atoms with E-state index in [4.69, 9.17) is 5.11 Å². The van der Waals surface area contributed by atoms with Crippen molar-refractivity contribution in [1.82, 2.24) is 5.32 Å². The van der Waals surface area contributed by atoms with Gasteiger partial charge in [-0.3, -0.25) is 4.79 Å². The lowest BCUT2D eigenvalue weighted by molar-refractivity contribution is -0.127. The van der Waals surface area contributed by atoms with Gasteiger partial charge in [-0.2, -0.15) is 0 Å². The van der Waals surface area contributed by atoms with Gasteiger partial charge in [-0.25, -0.2) is 4.39 Å². The molecule has 20 heavy (non-hydrogen) atoms. The maximum atomic E-state index is 13.1. The first-order valence-electron chi connectivity index (χ1n) is 7.26. The first-order chi connectivity index (χ1) is 9.58. The fourth-order valence-corrected chi connectivity index (χ4v) is 3.02. The van der Waals surface area contributed by atoms with Gasteiger partial charge in [0, 0.05) is 12.6 Å². The average Bonchev–Trinajstić information content (AvgIpc) is 2.90. The zero-order valence-electron chi connectivity index (χ0n) is 11.9. The number of carbonyl (C=O) groups is 1. The number of nitrogens with one attached hydrogen (secondary N) is 1. The summed E-state index contributed by atoms with van der Waals surface area (Å²) in [4.78, 5) is 12.7. The molecule has 2 rings (SSSR count). The van der Waals surface area contributed by atoms with Crippen molar-refractivity contribution in [2.45, 2.75) is 50.5 Å². The summed E-state index contributed by atoms with van der Waals surface area (Å²) in [6.45, 7) is 1.95. The molecule has 1 amide bonds. The molecule has 0 aliphatic heterocycles. The molecular weight excluding hydrogens is 257 g/mol. The van der Waals surface area contributed by atoms with Gasteiger partial charge in [-0.15, -0.1) is 0 Å². The van der Waals surface area contributed by atoms with Gasteiger partial charge < -0.3 is 10.4 Å². The van der Waals surface area contributed by atoms with E-state index in [0.717, 1.165) is 31.2 Å². The lowest BCUT2D eigenvalue weighted by Gasteiger charge is -2.30. The largest absolute Gasteiger partial charge is 0.396 e. The highest BCUT2D eigenvalue weighted by atomic mass is 19.1. The van der Waals surface area contributed by atoms with Crippen LogP contribution in [0, 0.1) is 5.82 Å². The summed E-state index contributed by atoms with van der Waals surface area (Å²) in [6, 6.07) is 6.22. The van der Waals surface area contributed by atoms with Gasteiger partial charge in [0.05, 0.1) is 5.41 Å². The summed E-state index contributed by atoms with van der Waals surface area (Å²) in [5.74, 6) is -0.279. The third kappa shape index (κ3) is 3.01. The van der Waals surface area contributed by atoms with Crippen molar-refractivity contribution >= 4 is 5.91 Å². The van der Waals surface area contributed by atoms with Crippen molar-refractivity contribution in [2.24, 2.45) is 0 Å². The number of benzene rings is 1. The summed E-state index contributed by atoms with van der Waals surface area (Å²) < 4.78 is 13.1. The van der Waals surface area contributed by atoms with E-state index in [2.05, 4.69) is 5.32 Å². The van der Waals surface area contributed by atoms with Crippen LogP contribution in [0.2, 0.25) is 0 Å². The quantitative estimate of drug-likeness (QED) is 0.870. The van der Waals surface area contributed by atoms with Crippen LogP contribution in [-0.2, 0) is 10.2 Å². The van der Waals surface area contributed by atoms with E-state index in [9.17, 15) is 9.18 Å². The molecule has 0 saturated heterocycles. The van der Waals surface area contributed by atoms with Gasteiger partial charge in [0.15, 0.2) is 0 Å². The molecule has 1 unspecified atom stereocenters. The maximum absolute atomic E-state index is 13.1. The van der Waals surface area contributed by atoms with Crippen LogP contribution in [0.4, 0.5) is 4.39 Å². The van der Waals surface area contributed by atoms with Crippen LogP contribution in [0.15, 0.2) is 24.3 Å². The predicted molar refractivity (Wildman–Crippen MR) is 75.9 cm³/mol. The Morgan fingerprint density at radius 3 is 2.50 bits per heavy atom. The second kappa shape index (κ2) is 6.35. The number of carbonyl (C=O) groups excluding carboxylic acids is 1. The van der Waals surface area contributed by atoms with Crippen LogP contribution in [0.3, 0.4) is 0 Å². The molecule has 1 aromatic carbocycles. The summed E-state index contributed by atoms with van der Waals surface area (Å²) in [5, 5.41) is 11.9. The number of hydrogen-bond acceptors (Lipinski definition) is 2. The Bertz CT molecular complexity index is 452. The fourth-order valence-electron chi connectivity index (χ4n) is 3.02. The summed E-state index contributed by atoms with van der Waals surface area (Å²) >= 11 is 0. The van der Waals surface area contributed by atoms with E-state index in [1.807, 2.05) is 6.92 Å². The second-order valence-corrected chi connectivity index (χ2v) is 5.68. The van der Waals surface area contributed by atoms with Gasteiger partial charge in [-0.05, 0) is 43.9 Å². The Kier molecular flexibility index (Phi) is 4.76. The molecule has 1 aliphatic rings. The van der Waals surface area contributed by atoms with Crippen LogP contribution in [0.25, 0.3) is 0 Å². The molecule has 110 valence electrons. The van der Waals surface area contributed by atoms with E-state index in [0.29, 0.717) is 6.42 Å². The molecule has 1 atom stereocenters. The smallest absolute Gasteiger partial charge is 0.230 e. The van der Waals surface area contributed by atoms with Crippen LogP contribution < -0.4 is 5.32 Å². The van der Waals surface area contributed by atoms with E-state index in [1.54, 1.807) is 12.1 Å². The molecule has 0 bridgehead atoms. The lowest BCUT2D eigenvalue weighted by Crippen LogP contribution is -2.46. The number of rotatable bonds is 5. The standard InChI is InChI=1S/C16H22FNO2/c1-12(8-11-19)18-15(20)16(9-2-3-10-16)13-4-6-14(17)7-5-13/h4-7,12,19H,2-3,8-11H2,1H3,(H,18,20). The Labute approximate surface area is 119 Å². The topological polar surface area (TPSA) is 49.3 Å². The van der Waals surface area contributed by atoms with E-state index < -0.39 is 5.41 Å². The second-order valence-electron chi connectivity index (χ2n) is 5.68. The first-order valence-corrected chi connectivity index (χ1v) is 7.26. The summed E-state index contributed by atoms with van der Waals surface area (Å²) in [5.41, 5.74) is 0.363. The SMILES string of the molecule is CC(CCO)NC(=O)C1(c2ccc(F)cc2)CCCC1. The molecule has 3 nitrogen and oxygen atoms in total. The van der Waals surface area contributed by atoms with Gasteiger partial charge in [0.2, 0.25) is 5.91 Å². The van der Waals surface area contributed by atoms with Crippen molar-refractivity contribution < 1.29 is 14.3 Å². The molecule has 0 spiro atoms. The van der Waals surface area contributed by atoms with Crippen molar-refractivity contribution in [3.05, 3.63) is 35.6 Å². The Morgan fingerprint density at radius 2 is 1.95 bits per heavy atom. The molecule has 0 aromatic heterocycles. The molecular formula is C16H22FNO2. The Balaban J connectivity index is 2.21. The van der Waals surface area contributed by atoms with Crippen molar-refractivity contribution in [3.8, 4) is 0 Å². The molecule has 0 radical (unpaired) electrons. The van der Waals surface area contributed by atoms with Crippen LogP contribution >= 0.6 is 0 Å². The summed E-state index contributed by atoms with van der Waals surface area (Å²) in [7, 11) is 0. The molecule has 1 aromatic rings. The minimum atomic E-state index is -0.530. The highest BCUT2D eigenvalue weighted by molar-refractivity contribution is 5.88. The van der Waals surface area contributed by atoms with Crippen LogP contribution in [0.1, 0.15) is 44.6 Å². The zero-order chi connectivity index (χ0) is 14.6. The van der Waals surface area contributed by atoms with Crippen molar-refractivity contribution in [3.63, 3.8) is 0 Å². The Hall–Kier alpha value is -1.42. The third-order valence-electron chi connectivity index (χ3n) is 4.23. The molecule has 1 saturated carbocycles. The predicted octanol–water partition coefficient (Wildman–Crippen LogP) is 2.52. The van der Waals surface area contributed by atoms with E-state index in [-0.39, 0.29) is 24.4 Å². The highest BCUT2D eigenvalue weighted by Gasteiger charge is 2.42. The van der Waals surface area contributed by atoms with E-state index >= 15 is 0 Å². The monoisotopic (exact) mass is 279 g/mol. The molecule has 2 N–H and O–H groups in total. The zero-order valence-corrected chi connectivity index (χ0v) is 11.9. The fraction of sp³-hybridized carbons (Fsp3) is 0.562. The number of amides is 1. The minimum Gasteiger partial charge on any atom is -0.396 e. The maximum Gasteiger partial charge on any atom is 0.230 e. The number of aliphatic hydroxyl groups is 1. The van der Waals surface area contributed by atoms with E-state index in [1.165, 1.54) is 12.1 Å². The number of halogens is 1. The lowest BCUT2D eigenvalue weighted by atomic mass is 9.77. The average molecular weight is 279 g/mol. The minimum absolute atomic E-state index is 0.00237. The van der Waals surface area contributed by atoms with Crippen molar-refractivity contribution in [2.75, 3.05) is 6.61 Å². The molecule has 4 heteroatoms. The van der Waals surface area contributed by atoms with Gasteiger partial charge in [-0.1, -0.05) is 25.0 Å². The number of aliphatic hydroxyl groups excluding tert-OH is 1. The summed E-state index contributed by atoms with van der Waals surface area (Å²) in [6.07, 6.45) is 4.18. The normalized spacial score (nSPS) is 18.8. The van der Waals surface area contributed by atoms with Crippen molar-refractivity contribution in [1.29, 1.82) is 0 Å². The highest BCUT2D eigenvalue weighted by Crippen LogP contribution is 2.41. The molecule has 1 fully saturated rings. The Morgan fingerprint density at radius 1 is 1.35 bits per heavy atom. The molecule has 1 aliphatic carbocycles. The first kappa shape index (κ1) is 15.0. The molecule has 0 heterocycles. The third-order valence-corrected chi connectivity index (χ3v) is 4.23. The van der Waals surface area contributed by atoms with Gasteiger partial charge in [0.1, 0.15) is 5.82 Å². The van der Waals surface area contributed by atoms with Gasteiger partial charge in [0.25, 0.3) is 0 Å². The number of hydrogen-bond donors (Lipinski definition) is 2.